The zero-order chi connectivity index (χ0) is 29.9. The predicted octanol–water partition coefficient (Wildman–Crippen LogP) is 0.899. The van der Waals surface area contributed by atoms with Crippen molar-refractivity contribution in [2.24, 2.45) is 0 Å². The highest BCUT2D eigenvalue weighted by molar-refractivity contribution is 5.69. The van der Waals surface area contributed by atoms with E-state index >= 15 is 0 Å². The van der Waals surface area contributed by atoms with E-state index in [1.165, 1.54) is 32.1 Å². The lowest BCUT2D eigenvalue weighted by molar-refractivity contribution is -0.389. The molecule has 0 aromatic heterocycles. The highest BCUT2D eigenvalue weighted by Crippen LogP contribution is 2.38. The molecule has 12 heteroatoms. The molecule has 12 nitrogen and oxygen atoms in total. The Morgan fingerprint density at radius 1 is 0.825 bits per heavy atom. The van der Waals surface area contributed by atoms with Crippen LogP contribution in [0.15, 0.2) is 0 Å². The second kappa shape index (κ2) is 16.6. The maximum atomic E-state index is 12.9. The molecule has 2 saturated heterocycles. The van der Waals surface area contributed by atoms with Crippen LogP contribution in [0.3, 0.4) is 0 Å². The molecular weight excluding hydrogens is 528 g/mol. The van der Waals surface area contributed by atoms with Gasteiger partial charge in [0.2, 0.25) is 12.1 Å². The molecule has 0 radical (unpaired) electrons. The molecule has 2 aliphatic heterocycles. The molecule has 0 aromatic carbocycles. The first-order valence-corrected chi connectivity index (χ1v) is 14.7. The van der Waals surface area contributed by atoms with Crippen LogP contribution in [-0.4, -0.2) is 117 Å². The molecule has 0 bridgehead atoms. The summed E-state index contributed by atoms with van der Waals surface area (Å²) >= 11 is 0. The van der Waals surface area contributed by atoms with Crippen LogP contribution in [0.25, 0.3) is 0 Å². The van der Waals surface area contributed by atoms with Crippen LogP contribution in [0.4, 0.5) is 0 Å². The van der Waals surface area contributed by atoms with Gasteiger partial charge in [-0.1, -0.05) is 58.3 Å². The van der Waals surface area contributed by atoms with E-state index in [1.807, 2.05) is 0 Å². The van der Waals surface area contributed by atoms with Gasteiger partial charge in [-0.15, -0.1) is 0 Å². The lowest BCUT2D eigenvalue weighted by atomic mass is 9.97. The molecule has 2 heterocycles. The van der Waals surface area contributed by atoms with Gasteiger partial charge in [-0.05, 0) is 27.2 Å². The molecule has 9 atom stereocenters. The summed E-state index contributed by atoms with van der Waals surface area (Å²) in [5, 5.41) is 61.3. The number of carbonyl (C=O) groups is 1. The Balaban J connectivity index is 2.14. The van der Waals surface area contributed by atoms with Gasteiger partial charge in [0.05, 0.1) is 18.8 Å². The zero-order valence-corrected chi connectivity index (χ0v) is 24.4. The summed E-state index contributed by atoms with van der Waals surface area (Å²) < 4.78 is 28.8. The van der Waals surface area contributed by atoms with E-state index < -0.39 is 86.2 Å². The Morgan fingerprint density at radius 2 is 1.40 bits per heavy atom. The van der Waals surface area contributed by atoms with E-state index in [-0.39, 0.29) is 6.42 Å². The van der Waals surface area contributed by atoms with Crippen molar-refractivity contribution in [1.82, 2.24) is 0 Å². The topological polar surface area (TPSA) is 185 Å². The highest BCUT2D eigenvalue weighted by atomic mass is 16.8. The van der Waals surface area contributed by atoms with Crippen molar-refractivity contribution in [2.45, 2.75) is 152 Å². The third-order valence-corrected chi connectivity index (χ3v) is 7.26. The summed E-state index contributed by atoms with van der Waals surface area (Å²) in [6.07, 6.45) is -1.68. The van der Waals surface area contributed by atoms with Crippen molar-refractivity contribution in [3.63, 3.8) is 0 Å². The molecule has 236 valence electrons. The number of ether oxygens (including phenoxy) is 5. The summed E-state index contributed by atoms with van der Waals surface area (Å²) in [4.78, 5) is 12.9. The van der Waals surface area contributed by atoms with Crippen LogP contribution in [0.2, 0.25) is 0 Å². The van der Waals surface area contributed by atoms with Crippen LogP contribution < -0.4 is 0 Å². The third kappa shape index (κ3) is 9.82. The number of carbonyl (C=O) groups excluding carboxylic acids is 1. The Bertz CT molecular complexity index is 731. The summed E-state index contributed by atoms with van der Waals surface area (Å²) in [6, 6.07) is 0. The molecular formula is C28H52O12. The molecule has 2 fully saturated rings. The van der Waals surface area contributed by atoms with Crippen LogP contribution in [0.1, 0.15) is 91.9 Å². The molecule has 2 rings (SSSR count). The first-order chi connectivity index (χ1) is 18.9. The first kappa shape index (κ1) is 35.3. The summed E-state index contributed by atoms with van der Waals surface area (Å²) in [6.45, 7) is 5.15. The lowest BCUT2D eigenvalue weighted by Gasteiger charge is -2.47. The Hall–Kier alpha value is -0.930. The molecule has 0 aromatic rings. The van der Waals surface area contributed by atoms with Gasteiger partial charge < -0.3 is 54.3 Å². The van der Waals surface area contributed by atoms with Crippen molar-refractivity contribution >= 4 is 5.97 Å². The Morgan fingerprint density at radius 3 is 1.90 bits per heavy atom. The molecule has 40 heavy (non-hydrogen) atoms. The fourth-order valence-electron chi connectivity index (χ4n) is 5.06. The quantitative estimate of drug-likeness (QED) is 0.106. The number of hydrogen-bond acceptors (Lipinski definition) is 12. The molecule has 0 unspecified atom stereocenters. The minimum atomic E-state index is -2.24. The highest BCUT2D eigenvalue weighted by Gasteiger charge is 2.59. The summed E-state index contributed by atoms with van der Waals surface area (Å²) in [5.74, 6) is -2.82. The monoisotopic (exact) mass is 580 g/mol. The molecule has 6 N–H and O–H groups in total. The van der Waals surface area contributed by atoms with E-state index in [0.717, 1.165) is 19.3 Å². The number of aliphatic hydroxyl groups is 6. The SMILES string of the molecule is CCCCCCCCCCCC(=O)O[C@H]1[C@@H](O[C@]2(CO)O[C@H](CO)[C@@H](O)[C@@H]2O)O[C@H](CO)[C@@H](O)[C@@H]1OC(C)(C)C. The van der Waals surface area contributed by atoms with Gasteiger partial charge in [-0.3, -0.25) is 4.79 Å². The van der Waals surface area contributed by atoms with Crippen LogP contribution in [0.5, 0.6) is 0 Å². The van der Waals surface area contributed by atoms with Crippen molar-refractivity contribution in [1.29, 1.82) is 0 Å². The van der Waals surface area contributed by atoms with Crippen molar-refractivity contribution in [2.75, 3.05) is 19.8 Å². The molecule has 0 amide bonds. The smallest absolute Gasteiger partial charge is 0.306 e. The third-order valence-electron chi connectivity index (χ3n) is 7.26. The van der Waals surface area contributed by atoms with Gasteiger partial charge in [0, 0.05) is 6.42 Å². The summed E-state index contributed by atoms with van der Waals surface area (Å²) in [7, 11) is 0. The van der Waals surface area contributed by atoms with E-state index in [9.17, 15) is 35.4 Å². The second-order valence-corrected chi connectivity index (χ2v) is 11.8. The zero-order valence-electron chi connectivity index (χ0n) is 24.4. The predicted molar refractivity (Wildman–Crippen MR) is 143 cm³/mol. The van der Waals surface area contributed by atoms with Crippen LogP contribution >= 0.6 is 0 Å². The Kier molecular flexibility index (Phi) is 14.7. The van der Waals surface area contributed by atoms with Crippen molar-refractivity contribution in [3.05, 3.63) is 0 Å². The lowest BCUT2D eigenvalue weighted by Crippen LogP contribution is -2.65. The van der Waals surface area contributed by atoms with Gasteiger partial charge in [0.1, 0.15) is 43.2 Å². The Labute approximate surface area is 237 Å². The number of rotatable bonds is 17. The van der Waals surface area contributed by atoms with E-state index in [0.29, 0.717) is 6.42 Å². The van der Waals surface area contributed by atoms with Crippen molar-refractivity contribution < 1.29 is 59.1 Å². The first-order valence-electron chi connectivity index (χ1n) is 14.7. The van der Waals surface area contributed by atoms with Crippen LogP contribution in [0, 0.1) is 0 Å². The minimum Gasteiger partial charge on any atom is -0.454 e. The number of unbranched alkanes of at least 4 members (excludes halogenated alkanes) is 8. The fourth-order valence-corrected chi connectivity index (χ4v) is 5.06. The van der Waals surface area contributed by atoms with Gasteiger partial charge in [-0.25, -0.2) is 0 Å². The minimum absolute atomic E-state index is 0.108. The number of hydrogen-bond donors (Lipinski definition) is 6. The standard InChI is InChI=1S/C28H52O12/c1-5-6-7-8-9-10-11-12-13-14-20(32)37-24-23(39-27(2,3)4)21(33)18(15-29)36-26(24)40-28(17-31)25(35)22(34)19(16-30)38-28/h18-19,21-26,29-31,33-35H,5-17H2,1-4H3/t18-,19-,21-,22-,23+,24-,25+,26-,28+/m1/s1. The second-order valence-electron chi connectivity index (χ2n) is 11.8. The molecule has 0 spiro atoms. The van der Waals surface area contributed by atoms with Gasteiger partial charge >= 0.3 is 5.97 Å². The van der Waals surface area contributed by atoms with Gasteiger partial charge in [0.25, 0.3) is 0 Å². The van der Waals surface area contributed by atoms with Crippen molar-refractivity contribution in [3.8, 4) is 0 Å². The molecule has 2 aliphatic rings. The average molecular weight is 581 g/mol. The number of aliphatic hydroxyl groups excluding tert-OH is 6. The van der Waals surface area contributed by atoms with Crippen LogP contribution in [-0.2, 0) is 28.5 Å². The maximum Gasteiger partial charge on any atom is 0.306 e. The average Bonchev–Trinajstić information content (AvgIpc) is 3.15. The number of esters is 1. The maximum absolute atomic E-state index is 12.9. The van der Waals surface area contributed by atoms with E-state index in [2.05, 4.69) is 6.92 Å². The van der Waals surface area contributed by atoms with E-state index in [1.54, 1.807) is 20.8 Å². The largest absolute Gasteiger partial charge is 0.454 e. The normalized spacial score (nSPS) is 34.8. The molecule has 0 aliphatic carbocycles. The van der Waals surface area contributed by atoms with Gasteiger partial charge in [-0.2, -0.15) is 0 Å². The van der Waals surface area contributed by atoms with E-state index in [4.69, 9.17) is 23.7 Å². The fraction of sp³-hybridized carbons (Fsp3) is 0.964. The summed E-state index contributed by atoms with van der Waals surface area (Å²) in [5.41, 5.74) is -0.814. The molecule has 0 saturated carbocycles. The van der Waals surface area contributed by atoms with Gasteiger partial charge in [0.15, 0.2) is 6.10 Å².